The molecular formula is C12H19N3. The van der Waals surface area contributed by atoms with Gasteiger partial charge in [0.2, 0.25) is 0 Å². The molecule has 0 spiro atoms. The van der Waals surface area contributed by atoms with E-state index < -0.39 is 0 Å². The molecule has 0 bridgehead atoms. The Balaban J connectivity index is 1.87. The largest absolute Gasteiger partial charge is 0.320 e. The second-order valence-corrected chi connectivity index (χ2v) is 5.11. The molecule has 0 unspecified atom stereocenters. The van der Waals surface area contributed by atoms with E-state index in [1.807, 2.05) is 6.20 Å². The molecule has 1 aromatic rings. The summed E-state index contributed by atoms with van der Waals surface area (Å²) in [7, 11) is 0. The number of rotatable bonds is 2. The zero-order valence-corrected chi connectivity index (χ0v) is 9.15. The van der Waals surface area contributed by atoms with Gasteiger partial charge in [0.15, 0.2) is 0 Å². The quantitative estimate of drug-likeness (QED) is 0.805. The van der Waals surface area contributed by atoms with E-state index in [2.05, 4.69) is 15.8 Å². The third kappa shape index (κ3) is 1.59. The van der Waals surface area contributed by atoms with Crippen LogP contribution in [0.3, 0.4) is 0 Å². The molecule has 0 saturated heterocycles. The molecule has 3 heteroatoms. The van der Waals surface area contributed by atoms with E-state index in [1.54, 1.807) is 0 Å². The van der Waals surface area contributed by atoms with Crippen molar-refractivity contribution in [2.24, 2.45) is 5.73 Å². The highest BCUT2D eigenvalue weighted by atomic mass is 15.3. The summed E-state index contributed by atoms with van der Waals surface area (Å²) < 4.78 is 2.21. The molecule has 0 amide bonds. The predicted molar refractivity (Wildman–Crippen MR) is 59.4 cm³/mol. The Bertz CT molecular complexity index is 346. The maximum atomic E-state index is 6.26. The second-order valence-electron chi connectivity index (χ2n) is 5.11. The zero-order valence-electron chi connectivity index (χ0n) is 9.15. The molecule has 3 rings (SSSR count). The van der Waals surface area contributed by atoms with Crippen molar-refractivity contribution in [3.63, 3.8) is 0 Å². The SMILES string of the molecule is NC1(c2ccnn2C2CCCCC2)CC1. The maximum absolute atomic E-state index is 6.26. The summed E-state index contributed by atoms with van der Waals surface area (Å²) in [5.41, 5.74) is 7.50. The number of hydrogen-bond acceptors (Lipinski definition) is 2. The molecule has 3 nitrogen and oxygen atoms in total. The fourth-order valence-corrected chi connectivity index (χ4v) is 2.72. The molecule has 2 fully saturated rings. The molecule has 0 aromatic carbocycles. The lowest BCUT2D eigenvalue weighted by Crippen LogP contribution is -2.26. The zero-order chi connectivity index (χ0) is 10.3. The average molecular weight is 205 g/mol. The third-order valence-electron chi connectivity index (χ3n) is 3.89. The molecule has 0 aliphatic heterocycles. The van der Waals surface area contributed by atoms with Crippen molar-refractivity contribution >= 4 is 0 Å². The molecule has 2 aliphatic rings. The molecule has 15 heavy (non-hydrogen) atoms. The van der Waals surface area contributed by atoms with Crippen LogP contribution in [-0.2, 0) is 5.54 Å². The molecule has 0 radical (unpaired) electrons. The van der Waals surface area contributed by atoms with Gasteiger partial charge in [-0.25, -0.2) is 0 Å². The van der Waals surface area contributed by atoms with Gasteiger partial charge in [-0.3, -0.25) is 4.68 Å². The first-order valence-electron chi connectivity index (χ1n) is 6.12. The summed E-state index contributed by atoms with van der Waals surface area (Å²) >= 11 is 0. The lowest BCUT2D eigenvalue weighted by molar-refractivity contribution is 0.315. The summed E-state index contributed by atoms with van der Waals surface area (Å²) in [6.07, 6.45) is 10.8. The number of nitrogens with two attached hydrogens (primary N) is 1. The Morgan fingerprint density at radius 1 is 1.27 bits per heavy atom. The topological polar surface area (TPSA) is 43.8 Å². The van der Waals surface area contributed by atoms with Crippen molar-refractivity contribution < 1.29 is 0 Å². The van der Waals surface area contributed by atoms with E-state index >= 15 is 0 Å². The van der Waals surface area contributed by atoms with Gasteiger partial charge < -0.3 is 5.73 Å². The second kappa shape index (κ2) is 3.34. The van der Waals surface area contributed by atoms with Gasteiger partial charge in [0.05, 0.1) is 17.3 Å². The third-order valence-corrected chi connectivity index (χ3v) is 3.89. The predicted octanol–water partition coefficient (Wildman–Crippen LogP) is 2.34. The summed E-state index contributed by atoms with van der Waals surface area (Å²) in [5.74, 6) is 0. The maximum Gasteiger partial charge on any atom is 0.0586 e. The molecule has 2 aliphatic carbocycles. The first kappa shape index (κ1) is 9.40. The van der Waals surface area contributed by atoms with Gasteiger partial charge in [0, 0.05) is 6.20 Å². The summed E-state index contributed by atoms with van der Waals surface area (Å²) in [4.78, 5) is 0. The van der Waals surface area contributed by atoms with Crippen molar-refractivity contribution in [1.29, 1.82) is 0 Å². The van der Waals surface area contributed by atoms with E-state index in [1.165, 1.54) is 37.8 Å². The highest BCUT2D eigenvalue weighted by molar-refractivity contribution is 5.22. The van der Waals surface area contributed by atoms with Gasteiger partial charge in [-0.05, 0) is 31.7 Å². The highest BCUT2D eigenvalue weighted by Gasteiger charge is 2.43. The van der Waals surface area contributed by atoms with Crippen LogP contribution in [0.4, 0.5) is 0 Å². The fourth-order valence-electron chi connectivity index (χ4n) is 2.72. The standard InChI is InChI=1S/C12H19N3/c13-12(7-8-12)11-6-9-14-15(11)10-4-2-1-3-5-10/h6,9-10H,1-5,7-8,13H2. The van der Waals surface area contributed by atoms with Crippen molar-refractivity contribution in [3.8, 4) is 0 Å². The van der Waals surface area contributed by atoms with Crippen LogP contribution in [0.2, 0.25) is 0 Å². The molecule has 2 saturated carbocycles. The average Bonchev–Trinajstić information content (AvgIpc) is 2.85. The van der Waals surface area contributed by atoms with Gasteiger partial charge in [-0.1, -0.05) is 19.3 Å². The normalized spacial score (nSPS) is 25.4. The van der Waals surface area contributed by atoms with Crippen molar-refractivity contribution in [3.05, 3.63) is 18.0 Å². The van der Waals surface area contributed by atoms with Gasteiger partial charge in [-0.15, -0.1) is 0 Å². The molecule has 2 N–H and O–H groups in total. The smallest absolute Gasteiger partial charge is 0.0586 e. The van der Waals surface area contributed by atoms with Gasteiger partial charge >= 0.3 is 0 Å². The molecule has 1 heterocycles. The van der Waals surface area contributed by atoms with Crippen LogP contribution in [0, 0.1) is 0 Å². The lowest BCUT2D eigenvalue weighted by Gasteiger charge is -2.25. The first-order valence-corrected chi connectivity index (χ1v) is 6.12. The van der Waals surface area contributed by atoms with Crippen molar-refractivity contribution in [2.45, 2.75) is 56.5 Å². The Kier molecular flexibility index (Phi) is 2.09. The number of hydrogen-bond donors (Lipinski definition) is 1. The van der Waals surface area contributed by atoms with Crippen LogP contribution < -0.4 is 5.73 Å². The van der Waals surface area contributed by atoms with Gasteiger partial charge in [-0.2, -0.15) is 5.10 Å². The van der Waals surface area contributed by atoms with E-state index in [-0.39, 0.29) is 5.54 Å². The minimum atomic E-state index is -0.0338. The van der Waals surface area contributed by atoms with Crippen LogP contribution in [-0.4, -0.2) is 9.78 Å². The van der Waals surface area contributed by atoms with E-state index in [0.29, 0.717) is 6.04 Å². The summed E-state index contributed by atoms with van der Waals surface area (Å²) in [5, 5.41) is 4.48. The van der Waals surface area contributed by atoms with Crippen LogP contribution >= 0.6 is 0 Å². The van der Waals surface area contributed by atoms with Crippen molar-refractivity contribution in [2.75, 3.05) is 0 Å². The van der Waals surface area contributed by atoms with E-state index in [0.717, 1.165) is 12.8 Å². The Morgan fingerprint density at radius 3 is 2.67 bits per heavy atom. The minimum Gasteiger partial charge on any atom is -0.320 e. The van der Waals surface area contributed by atoms with E-state index in [9.17, 15) is 0 Å². The summed E-state index contributed by atoms with van der Waals surface area (Å²) in [6.45, 7) is 0. The summed E-state index contributed by atoms with van der Waals surface area (Å²) in [6, 6.07) is 2.73. The van der Waals surface area contributed by atoms with Crippen LogP contribution in [0.15, 0.2) is 12.3 Å². The molecule has 0 atom stereocenters. The van der Waals surface area contributed by atoms with Crippen molar-refractivity contribution in [1.82, 2.24) is 9.78 Å². The Hall–Kier alpha value is -0.830. The van der Waals surface area contributed by atoms with Crippen LogP contribution in [0.1, 0.15) is 56.7 Å². The molecular weight excluding hydrogens is 186 g/mol. The van der Waals surface area contributed by atoms with Gasteiger partial charge in [0.1, 0.15) is 0 Å². The fraction of sp³-hybridized carbons (Fsp3) is 0.750. The molecule has 82 valence electrons. The van der Waals surface area contributed by atoms with Crippen LogP contribution in [0.25, 0.3) is 0 Å². The number of aromatic nitrogens is 2. The first-order chi connectivity index (χ1) is 7.30. The van der Waals surface area contributed by atoms with E-state index in [4.69, 9.17) is 5.73 Å². The lowest BCUT2D eigenvalue weighted by atomic mass is 9.95. The monoisotopic (exact) mass is 205 g/mol. The minimum absolute atomic E-state index is 0.0338. The highest BCUT2D eigenvalue weighted by Crippen LogP contribution is 2.44. The van der Waals surface area contributed by atoms with Crippen LogP contribution in [0.5, 0.6) is 0 Å². The van der Waals surface area contributed by atoms with Gasteiger partial charge in [0.25, 0.3) is 0 Å². The Morgan fingerprint density at radius 2 is 2.00 bits per heavy atom. The number of nitrogens with zero attached hydrogens (tertiary/aromatic N) is 2. The Labute approximate surface area is 90.7 Å². The molecule has 1 aromatic heterocycles.